The van der Waals surface area contributed by atoms with E-state index in [0.717, 1.165) is 22.0 Å². The molecule has 2 aromatic heterocycles. The number of nitrogens with zero attached hydrogens (tertiary/aromatic N) is 1. The van der Waals surface area contributed by atoms with Crippen LogP contribution in [0.3, 0.4) is 0 Å². The smallest absolute Gasteiger partial charge is 0.346 e. The standard InChI is InChI=1S/C14H9NO2S/c16-14(17)13-11(6-8-18-13)9-3-1-5-12-10(9)4-2-7-15-12/h1-8H,(H,16,17). The van der Waals surface area contributed by atoms with Crippen LogP contribution in [0.25, 0.3) is 22.0 Å². The van der Waals surface area contributed by atoms with E-state index in [1.807, 2.05) is 36.4 Å². The molecule has 0 radical (unpaired) electrons. The number of carboxylic acid groups (broad SMARTS) is 1. The second-order valence-electron chi connectivity index (χ2n) is 3.84. The van der Waals surface area contributed by atoms with Crippen LogP contribution in [-0.4, -0.2) is 16.1 Å². The molecule has 0 amide bonds. The van der Waals surface area contributed by atoms with Gasteiger partial charge < -0.3 is 5.11 Å². The lowest BCUT2D eigenvalue weighted by Crippen LogP contribution is -1.94. The molecular formula is C14H9NO2S. The van der Waals surface area contributed by atoms with Crippen molar-refractivity contribution in [3.63, 3.8) is 0 Å². The summed E-state index contributed by atoms with van der Waals surface area (Å²) in [6.07, 6.45) is 1.73. The van der Waals surface area contributed by atoms with Crippen molar-refractivity contribution in [2.45, 2.75) is 0 Å². The van der Waals surface area contributed by atoms with E-state index >= 15 is 0 Å². The summed E-state index contributed by atoms with van der Waals surface area (Å²) < 4.78 is 0. The first kappa shape index (κ1) is 10.9. The number of thiophene rings is 1. The van der Waals surface area contributed by atoms with Crippen molar-refractivity contribution < 1.29 is 9.90 Å². The van der Waals surface area contributed by atoms with Gasteiger partial charge in [0.25, 0.3) is 0 Å². The van der Waals surface area contributed by atoms with E-state index in [0.29, 0.717) is 4.88 Å². The van der Waals surface area contributed by atoms with Crippen molar-refractivity contribution in [2.24, 2.45) is 0 Å². The van der Waals surface area contributed by atoms with Crippen LogP contribution in [0.4, 0.5) is 0 Å². The van der Waals surface area contributed by atoms with Gasteiger partial charge in [0.05, 0.1) is 5.52 Å². The Morgan fingerprint density at radius 3 is 2.83 bits per heavy atom. The molecule has 0 aliphatic carbocycles. The molecule has 0 aliphatic heterocycles. The Bertz CT molecular complexity index is 728. The number of carboxylic acids is 1. The minimum Gasteiger partial charge on any atom is -0.477 e. The lowest BCUT2D eigenvalue weighted by atomic mass is 10.0. The molecule has 2 heterocycles. The van der Waals surface area contributed by atoms with Crippen LogP contribution in [0.5, 0.6) is 0 Å². The molecule has 0 saturated carbocycles. The summed E-state index contributed by atoms with van der Waals surface area (Å²) in [7, 11) is 0. The minimum absolute atomic E-state index is 0.367. The molecule has 0 saturated heterocycles. The number of rotatable bonds is 2. The average molecular weight is 255 g/mol. The molecule has 3 rings (SSSR count). The van der Waals surface area contributed by atoms with Crippen LogP contribution in [-0.2, 0) is 0 Å². The monoisotopic (exact) mass is 255 g/mol. The van der Waals surface area contributed by atoms with Crippen LogP contribution < -0.4 is 0 Å². The molecule has 0 spiro atoms. The highest BCUT2D eigenvalue weighted by molar-refractivity contribution is 7.12. The van der Waals surface area contributed by atoms with Crippen molar-refractivity contribution >= 4 is 28.2 Å². The van der Waals surface area contributed by atoms with E-state index in [1.54, 1.807) is 11.6 Å². The first-order chi connectivity index (χ1) is 8.77. The third kappa shape index (κ3) is 1.67. The fraction of sp³-hybridized carbons (Fsp3) is 0. The molecule has 1 aromatic carbocycles. The Morgan fingerprint density at radius 1 is 1.11 bits per heavy atom. The summed E-state index contributed by atoms with van der Waals surface area (Å²) >= 11 is 1.24. The molecule has 0 fully saturated rings. The number of fused-ring (bicyclic) bond motifs is 1. The largest absolute Gasteiger partial charge is 0.477 e. The summed E-state index contributed by atoms with van der Waals surface area (Å²) in [6.45, 7) is 0. The highest BCUT2D eigenvalue weighted by Crippen LogP contribution is 2.33. The average Bonchev–Trinajstić information content (AvgIpc) is 2.87. The number of pyridine rings is 1. The van der Waals surface area contributed by atoms with Gasteiger partial charge in [0.1, 0.15) is 4.88 Å². The number of hydrogen-bond donors (Lipinski definition) is 1. The second-order valence-corrected chi connectivity index (χ2v) is 4.76. The zero-order chi connectivity index (χ0) is 12.5. The van der Waals surface area contributed by atoms with E-state index in [4.69, 9.17) is 0 Å². The zero-order valence-electron chi connectivity index (χ0n) is 9.33. The van der Waals surface area contributed by atoms with Gasteiger partial charge in [-0.3, -0.25) is 4.98 Å². The van der Waals surface area contributed by atoms with E-state index < -0.39 is 5.97 Å². The topological polar surface area (TPSA) is 50.2 Å². The third-order valence-electron chi connectivity index (χ3n) is 2.80. The third-order valence-corrected chi connectivity index (χ3v) is 3.70. The van der Waals surface area contributed by atoms with Gasteiger partial charge >= 0.3 is 5.97 Å². The van der Waals surface area contributed by atoms with Crippen molar-refractivity contribution in [1.82, 2.24) is 4.98 Å². The van der Waals surface area contributed by atoms with Gasteiger partial charge in [0, 0.05) is 17.1 Å². The Hall–Kier alpha value is -2.20. The van der Waals surface area contributed by atoms with Crippen molar-refractivity contribution in [3.8, 4) is 11.1 Å². The summed E-state index contributed by atoms with van der Waals surface area (Å²) in [5.41, 5.74) is 2.54. The van der Waals surface area contributed by atoms with Crippen LogP contribution in [0.15, 0.2) is 48.0 Å². The number of hydrogen-bond acceptors (Lipinski definition) is 3. The Morgan fingerprint density at radius 2 is 2.00 bits per heavy atom. The van der Waals surface area contributed by atoms with Crippen molar-refractivity contribution in [2.75, 3.05) is 0 Å². The van der Waals surface area contributed by atoms with Gasteiger partial charge in [-0.2, -0.15) is 0 Å². The van der Waals surface area contributed by atoms with Gasteiger partial charge in [-0.25, -0.2) is 4.79 Å². The summed E-state index contributed by atoms with van der Waals surface area (Å²) in [4.78, 5) is 15.8. The van der Waals surface area contributed by atoms with Gasteiger partial charge in [0.2, 0.25) is 0 Å². The quantitative estimate of drug-likeness (QED) is 0.760. The lowest BCUT2D eigenvalue weighted by molar-refractivity contribution is 0.0703. The summed E-state index contributed by atoms with van der Waals surface area (Å²) in [6, 6.07) is 11.4. The van der Waals surface area contributed by atoms with Crippen LogP contribution >= 0.6 is 11.3 Å². The van der Waals surface area contributed by atoms with E-state index in [-0.39, 0.29) is 0 Å². The molecule has 0 atom stereocenters. The molecule has 1 N–H and O–H groups in total. The number of aromatic nitrogens is 1. The fourth-order valence-electron chi connectivity index (χ4n) is 2.03. The molecule has 3 nitrogen and oxygen atoms in total. The SMILES string of the molecule is O=C(O)c1sccc1-c1cccc2ncccc12. The zero-order valence-corrected chi connectivity index (χ0v) is 10.1. The highest BCUT2D eigenvalue weighted by Gasteiger charge is 2.15. The fourth-order valence-corrected chi connectivity index (χ4v) is 2.77. The van der Waals surface area contributed by atoms with Gasteiger partial charge in [-0.1, -0.05) is 18.2 Å². The molecule has 0 aliphatic rings. The molecular weight excluding hydrogens is 246 g/mol. The molecule has 0 bridgehead atoms. The second kappa shape index (κ2) is 4.23. The van der Waals surface area contributed by atoms with Crippen LogP contribution in [0.2, 0.25) is 0 Å². The number of benzene rings is 1. The minimum atomic E-state index is -0.888. The maximum atomic E-state index is 11.2. The van der Waals surface area contributed by atoms with Gasteiger partial charge in [-0.15, -0.1) is 11.3 Å². The summed E-state index contributed by atoms with van der Waals surface area (Å²) in [5.74, 6) is -0.888. The molecule has 88 valence electrons. The van der Waals surface area contributed by atoms with E-state index in [2.05, 4.69) is 4.98 Å². The Labute approximate surface area is 107 Å². The number of aromatic carboxylic acids is 1. The van der Waals surface area contributed by atoms with E-state index in [1.165, 1.54) is 11.3 Å². The van der Waals surface area contributed by atoms with Gasteiger partial charge in [0.15, 0.2) is 0 Å². The highest BCUT2D eigenvalue weighted by atomic mass is 32.1. The predicted molar refractivity (Wildman–Crippen MR) is 72.0 cm³/mol. The van der Waals surface area contributed by atoms with Gasteiger partial charge in [-0.05, 0) is 29.1 Å². The number of carbonyl (C=O) groups is 1. The molecule has 18 heavy (non-hydrogen) atoms. The maximum absolute atomic E-state index is 11.2. The van der Waals surface area contributed by atoms with Crippen molar-refractivity contribution in [1.29, 1.82) is 0 Å². The molecule has 3 aromatic rings. The maximum Gasteiger partial charge on any atom is 0.346 e. The first-order valence-corrected chi connectivity index (χ1v) is 6.30. The van der Waals surface area contributed by atoms with Crippen LogP contribution in [0.1, 0.15) is 9.67 Å². The first-order valence-electron chi connectivity index (χ1n) is 5.42. The lowest BCUT2D eigenvalue weighted by Gasteiger charge is -2.05. The normalized spacial score (nSPS) is 10.7. The molecule has 0 unspecified atom stereocenters. The Balaban J connectivity index is 2.32. The molecule has 4 heteroatoms. The van der Waals surface area contributed by atoms with Crippen molar-refractivity contribution in [3.05, 3.63) is 52.9 Å². The predicted octanol–water partition coefficient (Wildman–Crippen LogP) is 3.66. The van der Waals surface area contributed by atoms with Crippen LogP contribution in [0, 0.1) is 0 Å². The summed E-state index contributed by atoms with van der Waals surface area (Å²) in [5, 5.41) is 12.0. The van der Waals surface area contributed by atoms with E-state index in [9.17, 15) is 9.90 Å². The Kier molecular flexibility index (Phi) is 2.57.